The van der Waals surface area contributed by atoms with Crippen LogP contribution in [0.25, 0.3) is 0 Å². The van der Waals surface area contributed by atoms with Crippen molar-refractivity contribution in [3.63, 3.8) is 0 Å². The van der Waals surface area contributed by atoms with Crippen LogP contribution in [-0.4, -0.2) is 42.8 Å². The van der Waals surface area contributed by atoms with Gasteiger partial charge in [0.2, 0.25) is 0 Å². The number of hydrogen-bond donors (Lipinski definition) is 3. The van der Waals surface area contributed by atoms with Crippen molar-refractivity contribution in [1.29, 1.82) is 0 Å². The van der Waals surface area contributed by atoms with Crippen LogP contribution in [0.4, 0.5) is 0 Å². The van der Waals surface area contributed by atoms with Gasteiger partial charge in [-0.1, -0.05) is 161 Å². The van der Waals surface area contributed by atoms with E-state index in [2.05, 4.69) is 12.2 Å². The van der Waals surface area contributed by atoms with E-state index in [0.717, 1.165) is 45.2 Å². The summed E-state index contributed by atoms with van der Waals surface area (Å²) < 4.78 is 5.36. The van der Waals surface area contributed by atoms with Crippen LogP contribution in [0.1, 0.15) is 206 Å². The Morgan fingerprint density at radius 3 is 1.45 bits per heavy atom. The van der Waals surface area contributed by atoms with E-state index >= 15 is 0 Å². The zero-order valence-electron chi connectivity index (χ0n) is 29.4. The Morgan fingerprint density at radius 1 is 0.568 bits per heavy atom. The third-order valence-electron chi connectivity index (χ3n) is 8.98. The fourth-order valence-corrected chi connectivity index (χ4v) is 5.99. The van der Waals surface area contributed by atoms with Gasteiger partial charge >= 0.3 is 11.9 Å². The summed E-state index contributed by atoms with van der Waals surface area (Å²) in [5.74, 6) is -0.664. The van der Waals surface area contributed by atoms with Gasteiger partial charge in [0.1, 0.15) is 0 Å². The topological polar surface area (TPSA) is 102 Å². The second-order valence-corrected chi connectivity index (χ2v) is 13.3. The number of ether oxygens (including phenoxy) is 1. The lowest BCUT2D eigenvalue weighted by molar-refractivity contribution is -0.144. The first kappa shape index (κ1) is 42.9. The molecule has 0 saturated heterocycles. The van der Waals surface area contributed by atoms with E-state index in [9.17, 15) is 9.59 Å². The van der Waals surface area contributed by atoms with Crippen molar-refractivity contribution in [2.45, 2.75) is 212 Å². The lowest BCUT2D eigenvalue weighted by Crippen LogP contribution is -2.36. The molecule has 1 unspecified atom stereocenters. The second kappa shape index (κ2) is 36.3. The van der Waals surface area contributed by atoms with Crippen LogP contribution in [0.3, 0.4) is 0 Å². The van der Waals surface area contributed by atoms with Gasteiger partial charge in [-0.15, -0.1) is 0 Å². The molecule has 0 bridgehead atoms. The summed E-state index contributed by atoms with van der Waals surface area (Å²) in [6, 6.07) is 0.479. The highest BCUT2D eigenvalue weighted by Crippen LogP contribution is 2.14. The van der Waals surface area contributed by atoms with Crippen LogP contribution < -0.4 is 11.1 Å². The summed E-state index contributed by atoms with van der Waals surface area (Å²) in [6.07, 6.45) is 37.1. The Labute approximate surface area is 273 Å². The van der Waals surface area contributed by atoms with Crippen molar-refractivity contribution < 1.29 is 19.4 Å². The number of carbonyl (C=O) groups is 2. The molecule has 0 heterocycles. The highest BCUT2D eigenvalue weighted by molar-refractivity contribution is 5.69. The van der Waals surface area contributed by atoms with E-state index in [1.807, 2.05) is 0 Å². The average molecular weight is 625 g/mol. The fourth-order valence-electron chi connectivity index (χ4n) is 5.99. The summed E-state index contributed by atoms with van der Waals surface area (Å²) in [6.45, 7) is 4.69. The zero-order chi connectivity index (χ0) is 32.2. The van der Waals surface area contributed by atoms with E-state index in [4.69, 9.17) is 15.6 Å². The quantitative estimate of drug-likeness (QED) is 0.0469. The summed E-state index contributed by atoms with van der Waals surface area (Å²) in [5, 5.41) is 12.3. The van der Waals surface area contributed by atoms with Crippen LogP contribution in [0.15, 0.2) is 0 Å². The Morgan fingerprint density at radius 2 is 0.977 bits per heavy atom. The minimum absolute atomic E-state index is 0.00132. The molecule has 0 aliphatic rings. The third kappa shape index (κ3) is 35.3. The minimum Gasteiger partial charge on any atom is -0.481 e. The van der Waals surface area contributed by atoms with E-state index < -0.39 is 5.97 Å². The predicted octanol–water partition coefficient (Wildman–Crippen LogP) is 10.6. The van der Waals surface area contributed by atoms with Gasteiger partial charge < -0.3 is 20.9 Å². The summed E-state index contributed by atoms with van der Waals surface area (Å²) in [4.78, 5) is 22.3. The normalized spacial score (nSPS) is 12.0. The van der Waals surface area contributed by atoms with Crippen LogP contribution in [0, 0.1) is 0 Å². The average Bonchev–Trinajstić information content (AvgIpc) is 3.01. The van der Waals surface area contributed by atoms with Crippen molar-refractivity contribution in [3.05, 3.63) is 0 Å². The number of esters is 1. The van der Waals surface area contributed by atoms with Gasteiger partial charge in [-0.2, -0.15) is 0 Å². The van der Waals surface area contributed by atoms with Gasteiger partial charge in [0.25, 0.3) is 0 Å². The molecule has 0 saturated carbocycles. The number of nitrogens with one attached hydrogen (secondary N) is 1. The van der Waals surface area contributed by atoms with Gasteiger partial charge in [0.05, 0.1) is 6.61 Å². The molecule has 262 valence electrons. The molecule has 0 fully saturated rings. The number of carboxylic acid groups (broad SMARTS) is 1. The number of nitrogens with two attached hydrogens (primary N) is 1. The molecule has 0 rings (SSSR count). The lowest BCUT2D eigenvalue weighted by atomic mass is 10.0. The van der Waals surface area contributed by atoms with E-state index in [1.54, 1.807) is 0 Å². The molecule has 0 radical (unpaired) electrons. The van der Waals surface area contributed by atoms with Crippen molar-refractivity contribution >= 4 is 11.9 Å². The maximum Gasteiger partial charge on any atom is 0.305 e. The maximum atomic E-state index is 11.8. The van der Waals surface area contributed by atoms with Gasteiger partial charge in [-0.05, 0) is 38.6 Å². The number of unbranched alkanes of at least 4 members (excludes halogenated alkanes) is 25. The molecular weight excluding hydrogens is 548 g/mol. The second-order valence-electron chi connectivity index (χ2n) is 13.3. The monoisotopic (exact) mass is 625 g/mol. The van der Waals surface area contributed by atoms with E-state index in [0.29, 0.717) is 25.5 Å². The molecule has 44 heavy (non-hydrogen) atoms. The fraction of sp³-hybridized carbons (Fsp3) is 0.947. The predicted molar refractivity (Wildman–Crippen MR) is 188 cm³/mol. The molecule has 0 aromatic heterocycles. The highest BCUT2D eigenvalue weighted by atomic mass is 16.5. The third-order valence-corrected chi connectivity index (χ3v) is 8.98. The van der Waals surface area contributed by atoms with Crippen LogP contribution in [-0.2, 0) is 14.3 Å². The molecule has 0 aliphatic heterocycles. The van der Waals surface area contributed by atoms with Crippen molar-refractivity contribution in [3.8, 4) is 0 Å². The van der Waals surface area contributed by atoms with Crippen LogP contribution in [0.5, 0.6) is 0 Å². The number of hydrogen-bond acceptors (Lipinski definition) is 5. The summed E-state index contributed by atoms with van der Waals surface area (Å²) >= 11 is 0. The molecule has 0 aromatic rings. The molecule has 0 aromatic carbocycles. The first-order valence-electron chi connectivity index (χ1n) is 19.4. The molecule has 4 N–H and O–H groups in total. The first-order valence-corrected chi connectivity index (χ1v) is 19.4. The standard InChI is InChI=1S/C38H76N2O4/c1-2-3-4-5-24-29-34-44-38(43)32-27-22-18-14-10-7-11-15-19-23-28-33-40-36(35-39)30-25-20-16-12-8-6-9-13-17-21-26-31-37(41)42/h36,40H,2-35,39H2,1H3,(H,41,42). The molecule has 0 spiro atoms. The molecule has 6 heteroatoms. The SMILES string of the molecule is CCCCCCCCOC(=O)CCCCCCCCCCCCCNC(CN)CCCCCCCCCCCCCC(=O)O. The van der Waals surface area contributed by atoms with Gasteiger partial charge in [0.15, 0.2) is 0 Å². The first-order chi connectivity index (χ1) is 21.6. The molecule has 0 amide bonds. The Bertz CT molecular complexity index is 601. The molecule has 0 aliphatic carbocycles. The number of carbonyl (C=O) groups excluding carboxylic acids is 1. The van der Waals surface area contributed by atoms with E-state index in [1.165, 1.54) is 154 Å². The van der Waals surface area contributed by atoms with Crippen molar-refractivity contribution in [2.75, 3.05) is 19.7 Å². The maximum absolute atomic E-state index is 11.8. The highest BCUT2D eigenvalue weighted by Gasteiger charge is 2.06. The Balaban J connectivity index is 3.31. The summed E-state index contributed by atoms with van der Waals surface area (Å²) in [5.41, 5.74) is 6.01. The molecule has 6 nitrogen and oxygen atoms in total. The molecule has 1 atom stereocenters. The smallest absolute Gasteiger partial charge is 0.305 e. The number of aliphatic carboxylic acids is 1. The lowest BCUT2D eigenvalue weighted by Gasteiger charge is -2.16. The number of carboxylic acids is 1. The van der Waals surface area contributed by atoms with Crippen LogP contribution >= 0.6 is 0 Å². The van der Waals surface area contributed by atoms with Gasteiger partial charge in [0, 0.05) is 25.4 Å². The zero-order valence-corrected chi connectivity index (χ0v) is 29.4. The van der Waals surface area contributed by atoms with Crippen molar-refractivity contribution in [2.24, 2.45) is 5.73 Å². The minimum atomic E-state index is -0.665. The van der Waals surface area contributed by atoms with Gasteiger partial charge in [-0.25, -0.2) is 0 Å². The van der Waals surface area contributed by atoms with Gasteiger partial charge in [-0.3, -0.25) is 9.59 Å². The Hall–Kier alpha value is -1.14. The Kier molecular flexibility index (Phi) is 35.4. The van der Waals surface area contributed by atoms with E-state index in [-0.39, 0.29) is 5.97 Å². The van der Waals surface area contributed by atoms with Crippen LogP contribution in [0.2, 0.25) is 0 Å². The largest absolute Gasteiger partial charge is 0.481 e. The van der Waals surface area contributed by atoms with Crippen molar-refractivity contribution in [1.82, 2.24) is 5.32 Å². The summed E-state index contributed by atoms with van der Waals surface area (Å²) in [7, 11) is 0. The molecular formula is C38H76N2O4. The number of rotatable bonds is 37.